The summed E-state index contributed by atoms with van der Waals surface area (Å²) in [6, 6.07) is 15.1. The molecule has 2 aliphatic rings. The summed E-state index contributed by atoms with van der Waals surface area (Å²) < 4.78 is 11.6. The highest BCUT2D eigenvalue weighted by atomic mass is 16.6. The molecule has 0 saturated carbocycles. The first-order valence-corrected chi connectivity index (χ1v) is 11.1. The van der Waals surface area contributed by atoms with E-state index in [9.17, 15) is 9.59 Å². The molecule has 0 aliphatic carbocycles. The Morgan fingerprint density at radius 2 is 1.88 bits per heavy atom. The minimum atomic E-state index is -0.840. The van der Waals surface area contributed by atoms with Gasteiger partial charge in [0.15, 0.2) is 0 Å². The first kappa shape index (κ1) is 22.0. The summed E-state index contributed by atoms with van der Waals surface area (Å²) in [5.41, 5.74) is 7.09. The molecule has 2 aromatic carbocycles. The van der Waals surface area contributed by atoms with E-state index in [1.54, 1.807) is 4.90 Å². The van der Waals surface area contributed by atoms with Crippen LogP contribution in [-0.2, 0) is 16.1 Å². The van der Waals surface area contributed by atoms with Crippen LogP contribution in [0.4, 0.5) is 10.5 Å². The number of carbonyl (C=O) groups is 2. The maximum absolute atomic E-state index is 13.2. The van der Waals surface area contributed by atoms with Gasteiger partial charge in [-0.3, -0.25) is 9.69 Å². The van der Waals surface area contributed by atoms with E-state index in [-0.39, 0.29) is 11.9 Å². The summed E-state index contributed by atoms with van der Waals surface area (Å²) in [7, 11) is 0. The monoisotopic (exact) mass is 437 g/mol. The molecule has 7 nitrogen and oxygen atoms in total. The third kappa shape index (κ3) is 4.24. The zero-order valence-electron chi connectivity index (χ0n) is 18.9. The van der Waals surface area contributed by atoms with E-state index in [4.69, 9.17) is 15.2 Å². The van der Waals surface area contributed by atoms with Gasteiger partial charge in [-0.2, -0.15) is 0 Å². The van der Waals surface area contributed by atoms with E-state index in [0.29, 0.717) is 43.9 Å². The number of hydrogen-bond acceptors (Lipinski definition) is 5. The molecule has 0 bridgehead atoms. The van der Waals surface area contributed by atoms with Gasteiger partial charge in [-0.25, -0.2) is 4.79 Å². The lowest BCUT2D eigenvalue weighted by Crippen LogP contribution is -2.54. The van der Waals surface area contributed by atoms with Gasteiger partial charge in [0.1, 0.15) is 23.5 Å². The number of benzene rings is 2. The van der Waals surface area contributed by atoms with Crippen LogP contribution in [0.3, 0.4) is 0 Å². The Labute approximate surface area is 188 Å². The van der Waals surface area contributed by atoms with Crippen molar-refractivity contribution in [1.29, 1.82) is 0 Å². The van der Waals surface area contributed by atoms with E-state index in [1.807, 2.05) is 69.3 Å². The van der Waals surface area contributed by atoms with Gasteiger partial charge >= 0.3 is 6.09 Å². The standard InChI is InChI=1S/C25H31N3O4/c1-24(2,3)32-23(30)28-21(12-13-25(28)14-15-27-22(25)29)17-8-10-19(11-9-17)31-16-18-6-4-5-7-20(18)26/h4-11,21H,12-16,26H2,1-3H3,(H,27,29)/t21-,25-/m1/s1. The maximum Gasteiger partial charge on any atom is 0.411 e. The Bertz CT molecular complexity index is 999. The second kappa shape index (κ2) is 8.37. The summed E-state index contributed by atoms with van der Waals surface area (Å²) in [4.78, 5) is 27.6. The second-order valence-electron chi connectivity index (χ2n) is 9.50. The molecule has 2 aliphatic heterocycles. The average molecular weight is 438 g/mol. The number of nitrogens with zero attached hydrogens (tertiary/aromatic N) is 1. The Hall–Kier alpha value is -3.22. The van der Waals surface area contributed by atoms with Gasteiger partial charge in [-0.15, -0.1) is 0 Å². The number of nitrogens with one attached hydrogen (secondary N) is 1. The molecule has 0 unspecified atom stereocenters. The lowest BCUT2D eigenvalue weighted by molar-refractivity contribution is -0.129. The smallest absolute Gasteiger partial charge is 0.411 e. The molecule has 4 rings (SSSR count). The van der Waals surface area contributed by atoms with Crippen molar-refractivity contribution in [2.45, 2.75) is 63.8 Å². The van der Waals surface area contributed by atoms with Crippen molar-refractivity contribution >= 4 is 17.7 Å². The zero-order valence-corrected chi connectivity index (χ0v) is 18.9. The van der Waals surface area contributed by atoms with Gasteiger partial charge in [0.25, 0.3) is 0 Å². The van der Waals surface area contributed by atoms with E-state index >= 15 is 0 Å². The minimum absolute atomic E-state index is 0.0914. The topological polar surface area (TPSA) is 93.9 Å². The molecule has 170 valence electrons. The fraction of sp³-hybridized carbons (Fsp3) is 0.440. The van der Waals surface area contributed by atoms with Crippen LogP contribution in [0.5, 0.6) is 5.75 Å². The molecular weight excluding hydrogens is 406 g/mol. The van der Waals surface area contributed by atoms with Crippen LogP contribution < -0.4 is 15.8 Å². The summed E-state index contributed by atoms with van der Waals surface area (Å²) in [6.07, 6.45) is 1.47. The predicted molar refractivity (Wildman–Crippen MR) is 122 cm³/mol. The molecule has 1 spiro atoms. The SMILES string of the molecule is CC(C)(C)OC(=O)N1[C@@H](c2ccc(OCc3ccccc3N)cc2)CC[C@]12CCNC2=O. The molecule has 2 aromatic rings. The molecule has 7 heteroatoms. The van der Waals surface area contributed by atoms with Crippen LogP contribution in [0.15, 0.2) is 48.5 Å². The van der Waals surface area contributed by atoms with Crippen molar-refractivity contribution < 1.29 is 19.1 Å². The van der Waals surface area contributed by atoms with Crippen LogP contribution >= 0.6 is 0 Å². The van der Waals surface area contributed by atoms with Crippen molar-refractivity contribution in [3.05, 3.63) is 59.7 Å². The molecule has 3 N–H and O–H groups in total. The molecule has 2 atom stereocenters. The summed E-state index contributed by atoms with van der Waals surface area (Å²) in [5, 5.41) is 2.90. The fourth-order valence-electron chi connectivity index (χ4n) is 4.59. The van der Waals surface area contributed by atoms with Gasteiger partial charge in [0.05, 0.1) is 6.04 Å². The fourth-order valence-corrected chi connectivity index (χ4v) is 4.59. The molecule has 2 amide bonds. The Balaban J connectivity index is 1.54. The Kier molecular flexibility index (Phi) is 5.75. The number of rotatable bonds is 4. The highest BCUT2D eigenvalue weighted by Gasteiger charge is 2.57. The van der Waals surface area contributed by atoms with Crippen molar-refractivity contribution in [1.82, 2.24) is 10.2 Å². The van der Waals surface area contributed by atoms with Crippen LogP contribution in [0.25, 0.3) is 0 Å². The second-order valence-corrected chi connectivity index (χ2v) is 9.50. The van der Waals surface area contributed by atoms with Crippen LogP contribution in [0.2, 0.25) is 0 Å². The van der Waals surface area contributed by atoms with Crippen molar-refractivity contribution in [2.75, 3.05) is 12.3 Å². The number of amides is 2. The van der Waals surface area contributed by atoms with E-state index in [0.717, 1.165) is 11.1 Å². The number of likely N-dealkylation sites (tertiary alicyclic amines) is 1. The van der Waals surface area contributed by atoms with Gasteiger partial charge in [-0.05, 0) is 63.8 Å². The molecule has 32 heavy (non-hydrogen) atoms. The molecule has 2 fully saturated rings. The number of para-hydroxylation sites is 1. The molecule has 2 saturated heterocycles. The van der Waals surface area contributed by atoms with Crippen molar-refractivity contribution in [3.8, 4) is 5.75 Å². The van der Waals surface area contributed by atoms with Gasteiger partial charge in [-0.1, -0.05) is 30.3 Å². The third-order valence-electron chi connectivity index (χ3n) is 6.16. The van der Waals surface area contributed by atoms with Gasteiger partial charge < -0.3 is 20.5 Å². The van der Waals surface area contributed by atoms with Crippen molar-refractivity contribution in [2.24, 2.45) is 0 Å². The quantitative estimate of drug-likeness (QED) is 0.700. The maximum atomic E-state index is 13.2. The van der Waals surface area contributed by atoms with Crippen LogP contribution in [0, 0.1) is 0 Å². The lowest BCUT2D eigenvalue weighted by Gasteiger charge is -2.37. The predicted octanol–water partition coefficient (Wildman–Crippen LogP) is 4.18. The minimum Gasteiger partial charge on any atom is -0.489 e. The van der Waals surface area contributed by atoms with Gasteiger partial charge in [0, 0.05) is 17.8 Å². The number of nitrogens with two attached hydrogens (primary N) is 1. The third-order valence-corrected chi connectivity index (χ3v) is 6.16. The average Bonchev–Trinajstić information content (AvgIpc) is 3.30. The highest BCUT2D eigenvalue weighted by molar-refractivity contribution is 5.92. The van der Waals surface area contributed by atoms with Crippen LogP contribution in [-0.4, -0.2) is 34.6 Å². The molecule has 0 aromatic heterocycles. The van der Waals surface area contributed by atoms with E-state index in [1.165, 1.54) is 0 Å². The normalized spacial score (nSPS) is 22.8. The Morgan fingerprint density at radius 1 is 1.16 bits per heavy atom. The van der Waals surface area contributed by atoms with E-state index < -0.39 is 17.2 Å². The number of hydrogen-bond donors (Lipinski definition) is 2. The van der Waals surface area contributed by atoms with Gasteiger partial charge in [0.2, 0.25) is 5.91 Å². The first-order valence-electron chi connectivity index (χ1n) is 11.1. The van der Waals surface area contributed by atoms with Crippen LogP contribution in [0.1, 0.15) is 57.2 Å². The number of anilines is 1. The zero-order chi connectivity index (χ0) is 22.9. The first-order chi connectivity index (χ1) is 15.2. The van der Waals surface area contributed by atoms with Crippen molar-refractivity contribution in [3.63, 3.8) is 0 Å². The highest BCUT2D eigenvalue weighted by Crippen LogP contribution is 2.47. The number of ether oxygens (including phenoxy) is 2. The van der Waals surface area contributed by atoms with E-state index in [2.05, 4.69) is 5.32 Å². The Morgan fingerprint density at radius 3 is 2.50 bits per heavy atom. The summed E-state index contributed by atoms with van der Waals surface area (Å²) >= 11 is 0. The number of carbonyl (C=O) groups excluding carboxylic acids is 2. The summed E-state index contributed by atoms with van der Waals surface area (Å²) in [6.45, 7) is 6.46. The molecular formula is C25H31N3O4. The lowest BCUT2D eigenvalue weighted by atomic mass is 9.94. The number of nitrogen functional groups attached to an aromatic ring is 1. The summed E-state index contributed by atoms with van der Waals surface area (Å²) in [5.74, 6) is 0.624. The molecule has 2 heterocycles. The largest absolute Gasteiger partial charge is 0.489 e. The molecule has 0 radical (unpaired) electrons.